The molecule has 0 saturated carbocycles. The third-order valence-electron chi connectivity index (χ3n) is 2.91. The minimum Gasteiger partial charge on any atom is -0.486 e. The molecule has 0 heterocycles. The van der Waals surface area contributed by atoms with E-state index in [2.05, 4.69) is 31.9 Å². The minimum absolute atomic E-state index is 0.298. The lowest BCUT2D eigenvalue weighted by Crippen LogP contribution is -2.04. The molecule has 2 aromatic rings. The zero-order chi connectivity index (χ0) is 15.4. The standard InChI is InChI=1S/C15H13Br2Cl2NO/c16-11-6-9(4-5-20)7-12(17)15(11)21-8-10-13(18)2-1-3-14(10)19/h1-3,6-7H,4-5,8,20H2. The highest BCUT2D eigenvalue weighted by atomic mass is 79.9. The number of hydrogen-bond acceptors (Lipinski definition) is 2. The molecule has 2 aromatic carbocycles. The van der Waals surface area contributed by atoms with Gasteiger partial charge in [-0.2, -0.15) is 0 Å². The van der Waals surface area contributed by atoms with Crippen molar-refractivity contribution in [3.05, 3.63) is 60.4 Å². The first-order valence-electron chi connectivity index (χ1n) is 6.26. The fraction of sp³-hybridized carbons (Fsp3) is 0.200. The van der Waals surface area contributed by atoms with Crippen LogP contribution in [0.1, 0.15) is 11.1 Å². The molecule has 0 spiro atoms. The van der Waals surface area contributed by atoms with Crippen LogP contribution in [0.15, 0.2) is 39.3 Å². The Morgan fingerprint density at radius 1 is 1.05 bits per heavy atom. The van der Waals surface area contributed by atoms with E-state index in [1.165, 1.54) is 0 Å². The van der Waals surface area contributed by atoms with Crippen molar-refractivity contribution in [3.63, 3.8) is 0 Å². The maximum absolute atomic E-state index is 6.14. The Morgan fingerprint density at radius 3 is 2.14 bits per heavy atom. The van der Waals surface area contributed by atoms with Gasteiger partial charge in [-0.1, -0.05) is 29.3 Å². The molecule has 2 N–H and O–H groups in total. The van der Waals surface area contributed by atoms with Gasteiger partial charge in [0.15, 0.2) is 0 Å². The number of benzene rings is 2. The zero-order valence-corrected chi connectivity index (χ0v) is 15.7. The number of hydrogen-bond donors (Lipinski definition) is 1. The van der Waals surface area contributed by atoms with Crippen molar-refractivity contribution in [1.29, 1.82) is 0 Å². The van der Waals surface area contributed by atoms with Crippen molar-refractivity contribution in [2.24, 2.45) is 5.73 Å². The normalized spacial score (nSPS) is 10.7. The van der Waals surface area contributed by atoms with E-state index in [4.69, 9.17) is 33.7 Å². The van der Waals surface area contributed by atoms with Crippen LogP contribution in [0.5, 0.6) is 5.75 Å². The third-order valence-corrected chi connectivity index (χ3v) is 4.80. The molecule has 21 heavy (non-hydrogen) atoms. The molecule has 0 amide bonds. The Labute approximate surface area is 150 Å². The molecule has 0 aliphatic rings. The van der Waals surface area contributed by atoms with E-state index in [9.17, 15) is 0 Å². The molecule has 0 aliphatic heterocycles. The monoisotopic (exact) mass is 451 g/mol. The summed E-state index contributed by atoms with van der Waals surface area (Å²) in [5, 5.41) is 1.18. The second-order valence-electron chi connectivity index (χ2n) is 4.42. The van der Waals surface area contributed by atoms with E-state index in [0.29, 0.717) is 28.9 Å². The summed E-state index contributed by atoms with van der Waals surface area (Å²) < 4.78 is 7.58. The number of rotatable bonds is 5. The van der Waals surface area contributed by atoms with Crippen molar-refractivity contribution in [2.45, 2.75) is 13.0 Å². The molecule has 0 radical (unpaired) electrons. The lowest BCUT2D eigenvalue weighted by atomic mass is 10.1. The van der Waals surface area contributed by atoms with E-state index in [0.717, 1.165) is 26.5 Å². The molecule has 6 heteroatoms. The summed E-state index contributed by atoms with van der Waals surface area (Å²) in [5.41, 5.74) is 7.48. The Kier molecular flexibility index (Phi) is 6.38. The molecule has 2 nitrogen and oxygen atoms in total. The van der Waals surface area contributed by atoms with Crippen LogP contribution in [0.25, 0.3) is 0 Å². The fourth-order valence-corrected chi connectivity index (χ4v) is 3.89. The van der Waals surface area contributed by atoms with Crippen LogP contribution in [-0.4, -0.2) is 6.54 Å². The highest BCUT2D eigenvalue weighted by Gasteiger charge is 2.12. The van der Waals surface area contributed by atoms with Gasteiger partial charge < -0.3 is 10.5 Å². The van der Waals surface area contributed by atoms with Gasteiger partial charge in [-0.05, 0) is 74.7 Å². The SMILES string of the molecule is NCCc1cc(Br)c(OCc2c(Cl)cccc2Cl)c(Br)c1. The molecule has 112 valence electrons. The second-order valence-corrected chi connectivity index (χ2v) is 6.94. The molecular formula is C15H13Br2Cl2NO. The van der Waals surface area contributed by atoms with Gasteiger partial charge in [0.2, 0.25) is 0 Å². The smallest absolute Gasteiger partial charge is 0.148 e. The number of halogens is 4. The highest BCUT2D eigenvalue weighted by molar-refractivity contribution is 9.11. The van der Waals surface area contributed by atoms with Crippen molar-refractivity contribution in [3.8, 4) is 5.75 Å². The molecule has 0 saturated heterocycles. The van der Waals surface area contributed by atoms with Crippen LogP contribution in [0.3, 0.4) is 0 Å². The highest BCUT2D eigenvalue weighted by Crippen LogP contribution is 2.36. The van der Waals surface area contributed by atoms with Crippen LogP contribution in [0.2, 0.25) is 10.0 Å². The van der Waals surface area contributed by atoms with Gasteiger partial charge in [0.1, 0.15) is 12.4 Å². The van der Waals surface area contributed by atoms with Crippen LogP contribution in [-0.2, 0) is 13.0 Å². The van der Waals surface area contributed by atoms with E-state index >= 15 is 0 Å². The summed E-state index contributed by atoms with van der Waals surface area (Å²) in [6.07, 6.45) is 0.813. The molecule has 0 bridgehead atoms. The first-order valence-corrected chi connectivity index (χ1v) is 8.60. The first-order chi connectivity index (χ1) is 10.0. The number of ether oxygens (including phenoxy) is 1. The van der Waals surface area contributed by atoms with Crippen molar-refractivity contribution < 1.29 is 4.74 Å². The Balaban J connectivity index is 2.21. The van der Waals surface area contributed by atoms with Gasteiger partial charge in [-0.3, -0.25) is 0 Å². The van der Waals surface area contributed by atoms with Gasteiger partial charge in [0.25, 0.3) is 0 Å². The van der Waals surface area contributed by atoms with E-state index < -0.39 is 0 Å². The Morgan fingerprint density at radius 2 is 1.62 bits per heavy atom. The zero-order valence-electron chi connectivity index (χ0n) is 11.0. The van der Waals surface area contributed by atoms with Gasteiger partial charge >= 0.3 is 0 Å². The van der Waals surface area contributed by atoms with Gasteiger partial charge in [-0.15, -0.1) is 0 Å². The minimum atomic E-state index is 0.298. The summed E-state index contributed by atoms with van der Waals surface area (Å²) in [4.78, 5) is 0. The molecule has 0 fully saturated rings. The number of nitrogens with two attached hydrogens (primary N) is 1. The van der Waals surface area contributed by atoms with E-state index in [1.807, 2.05) is 18.2 Å². The van der Waals surface area contributed by atoms with Crippen molar-refractivity contribution >= 4 is 55.1 Å². The lowest BCUT2D eigenvalue weighted by Gasteiger charge is -2.13. The topological polar surface area (TPSA) is 35.2 Å². The first kappa shape index (κ1) is 17.1. The predicted octanol–water partition coefficient (Wildman–Crippen LogP) is 5.60. The molecule has 2 rings (SSSR count). The lowest BCUT2D eigenvalue weighted by molar-refractivity contribution is 0.302. The molecule has 0 atom stereocenters. The van der Waals surface area contributed by atoms with Crippen LogP contribution in [0, 0.1) is 0 Å². The van der Waals surface area contributed by atoms with Crippen molar-refractivity contribution in [2.75, 3.05) is 6.54 Å². The average Bonchev–Trinajstić information content (AvgIpc) is 2.41. The van der Waals surface area contributed by atoms with Gasteiger partial charge in [0.05, 0.1) is 8.95 Å². The second kappa shape index (κ2) is 7.84. The summed E-state index contributed by atoms with van der Waals surface area (Å²) in [6, 6.07) is 9.39. The average molecular weight is 454 g/mol. The Hall–Kier alpha value is -0.260. The Bertz CT molecular complexity index is 606. The van der Waals surface area contributed by atoms with Crippen LogP contribution < -0.4 is 10.5 Å². The van der Waals surface area contributed by atoms with Gasteiger partial charge in [-0.25, -0.2) is 0 Å². The molecule has 0 aromatic heterocycles. The quantitative estimate of drug-likeness (QED) is 0.639. The summed E-state index contributed by atoms with van der Waals surface area (Å²) in [5.74, 6) is 0.715. The van der Waals surface area contributed by atoms with Crippen molar-refractivity contribution in [1.82, 2.24) is 0 Å². The van der Waals surface area contributed by atoms with Crippen LogP contribution in [0.4, 0.5) is 0 Å². The summed E-state index contributed by atoms with van der Waals surface area (Å²) in [6.45, 7) is 0.903. The molecule has 0 aliphatic carbocycles. The maximum Gasteiger partial charge on any atom is 0.148 e. The van der Waals surface area contributed by atoms with Gasteiger partial charge in [0, 0.05) is 15.6 Å². The largest absolute Gasteiger partial charge is 0.486 e. The fourth-order valence-electron chi connectivity index (χ4n) is 1.88. The molecule has 0 unspecified atom stereocenters. The van der Waals surface area contributed by atoms with Crippen LogP contribution >= 0.6 is 55.1 Å². The summed E-state index contributed by atoms with van der Waals surface area (Å²) in [7, 11) is 0. The third kappa shape index (κ3) is 4.36. The van der Waals surface area contributed by atoms with E-state index in [-0.39, 0.29) is 0 Å². The predicted molar refractivity (Wildman–Crippen MR) is 95.4 cm³/mol. The maximum atomic E-state index is 6.14. The van der Waals surface area contributed by atoms with E-state index in [1.54, 1.807) is 12.1 Å². The molecular weight excluding hydrogens is 441 g/mol. The summed E-state index contributed by atoms with van der Waals surface area (Å²) >= 11 is 19.3.